The molecule has 4 heterocycles. The molecule has 0 radical (unpaired) electrons. The summed E-state index contributed by atoms with van der Waals surface area (Å²) >= 11 is -0.830. The predicted octanol–water partition coefficient (Wildman–Crippen LogP) is 6.69. The third-order valence-corrected chi connectivity index (χ3v) is 10.9. The summed E-state index contributed by atoms with van der Waals surface area (Å²) in [6.07, 6.45) is 3.45. The summed E-state index contributed by atoms with van der Waals surface area (Å²) in [6.45, 7) is 4.57. The van der Waals surface area contributed by atoms with Gasteiger partial charge in [0.1, 0.15) is 0 Å². The standard InChI is InChI=1S/C31H19NO3Te/c1-31(2)23-8-5-7-19-18-6-3-4-9-25(18)32(27(19)23)30-24(31)14-17(36-30)13-22-28(33)20-12-16-10-11-35-26(16)15-21(20)29(22)34/h3-15H,1-2H3/b22-13-. The molecule has 1 aliphatic heterocycles. The van der Waals surface area contributed by atoms with Gasteiger partial charge < -0.3 is 0 Å². The third kappa shape index (κ3) is 2.45. The van der Waals surface area contributed by atoms with Crippen LogP contribution in [0.5, 0.6) is 0 Å². The zero-order valence-electron chi connectivity index (χ0n) is 19.6. The molecule has 0 bridgehead atoms. The van der Waals surface area contributed by atoms with E-state index in [0.29, 0.717) is 16.7 Å². The molecule has 4 nitrogen and oxygen atoms in total. The quantitative estimate of drug-likeness (QED) is 0.124. The molecule has 0 unspecified atom stereocenters. The minimum atomic E-state index is -0.830. The van der Waals surface area contributed by atoms with Gasteiger partial charge in [0.25, 0.3) is 0 Å². The summed E-state index contributed by atoms with van der Waals surface area (Å²) in [5, 5.41) is 3.38. The van der Waals surface area contributed by atoms with Crippen molar-refractivity contribution in [3.05, 3.63) is 104 Å². The molecule has 0 amide bonds. The third-order valence-electron chi connectivity index (χ3n) is 7.83. The second kappa shape index (κ2) is 6.76. The Labute approximate surface area is 216 Å². The number of hydrogen-bond acceptors (Lipinski definition) is 3. The van der Waals surface area contributed by atoms with E-state index < -0.39 is 20.4 Å². The average Bonchev–Trinajstić information content (AvgIpc) is 3.63. The average molecular weight is 581 g/mol. The molecule has 0 saturated heterocycles. The van der Waals surface area contributed by atoms with Gasteiger partial charge in [0.2, 0.25) is 0 Å². The van der Waals surface area contributed by atoms with E-state index in [1.807, 2.05) is 12.1 Å². The van der Waals surface area contributed by atoms with Gasteiger partial charge in [-0.15, -0.1) is 0 Å². The first-order valence-corrected chi connectivity index (χ1v) is 14.3. The maximum atomic E-state index is 13.3. The van der Waals surface area contributed by atoms with Crippen molar-refractivity contribution >= 4 is 70.8 Å². The molecule has 0 fully saturated rings. The second-order valence-corrected chi connectivity index (χ2v) is 13.2. The number of allylic oxidation sites excluding steroid dienone is 1. The Kier molecular flexibility index (Phi) is 3.86. The van der Waals surface area contributed by atoms with Crippen LogP contribution in [-0.2, 0) is 5.41 Å². The second-order valence-electron chi connectivity index (χ2n) is 10.1. The number of ketones is 2. The Hall–Kier alpha value is -3.65. The molecule has 1 aliphatic carbocycles. The van der Waals surface area contributed by atoms with Gasteiger partial charge >= 0.3 is 217 Å². The van der Waals surface area contributed by atoms with Crippen LogP contribution in [0, 0.1) is 0 Å². The van der Waals surface area contributed by atoms with Crippen LogP contribution in [0.3, 0.4) is 0 Å². The molecule has 0 atom stereocenters. The number of fused-ring (bicyclic) bond motifs is 7. The Bertz CT molecular complexity index is 1960. The topological polar surface area (TPSA) is 52.2 Å². The maximum absolute atomic E-state index is 13.3. The van der Waals surface area contributed by atoms with Gasteiger partial charge in [0.05, 0.1) is 0 Å². The molecule has 0 N–H and O–H groups in total. The summed E-state index contributed by atoms with van der Waals surface area (Å²) in [4.78, 5) is 26.6. The Morgan fingerprint density at radius 3 is 2.50 bits per heavy atom. The number of aromatic nitrogens is 1. The van der Waals surface area contributed by atoms with Crippen LogP contribution in [0.15, 0.2) is 83.0 Å². The summed E-state index contributed by atoms with van der Waals surface area (Å²) in [6, 6.07) is 22.8. The van der Waals surface area contributed by atoms with Gasteiger partial charge in [-0.1, -0.05) is 0 Å². The molecule has 6 aromatic rings. The van der Waals surface area contributed by atoms with E-state index in [2.05, 4.69) is 66.9 Å². The van der Waals surface area contributed by atoms with Gasteiger partial charge in [0, 0.05) is 0 Å². The molecule has 3 aromatic heterocycles. The van der Waals surface area contributed by atoms with E-state index >= 15 is 0 Å². The molecule has 36 heavy (non-hydrogen) atoms. The van der Waals surface area contributed by atoms with Crippen molar-refractivity contribution in [2.45, 2.75) is 19.3 Å². The Morgan fingerprint density at radius 1 is 0.861 bits per heavy atom. The van der Waals surface area contributed by atoms with E-state index in [1.54, 1.807) is 18.4 Å². The van der Waals surface area contributed by atoms with Crippen LogP contribution in [0.4, 0.5) is 0 Å². The van der Waals surface area contributed by atoms with Crippen LogP contribution in [0.2, 0.25) is 0 Å². The number of Topliss-reactive ketones (excluding diaryl/α,β-unsaturated/α-hetero) is 2. The summed E-state index contributed by atoms with van der Waals surface area (Å²) in [5.74, 6) is -0.393. The molecule has 3 aromatic carbocycles. The van der Waals surface area contributed by atoms with E-state index in [-0.39, 0.29) is 22.6 Å². The minimum absolute atomic E-state index is 0.165. The fourth-order valence-electron chi connectivity index (χ4n) is 6.02. The van der Waals surface area contributed by atoms with Crippen molar-refractivity contribution in [3.8, 4) is 3.70 Å². The predicted molar refractivity (Wildman–Crippen MR) is 143 cm³/mol. The van der Waals surface area contributed by atoms with E-state index in [4.69, 9.17) is 4.42 Å². The molecule has 8 rings (SSSR count). The summed E-state index contributed by atoms with van der Waals surface area (Å²) in [7, 11) is 0. The first kappa shape index (κ1) is 20.5. The van der Waals surface area contributed by atoms with Crippen molar-refractivity contribution < 1.29 is 14.0 Å². The van der Waals surface area contributed by atoms with Gasteiger partial charge in [0.15, 0.2) is 0 Å². The molecule has 0 saturated carbocycles. The molecule has 5 heteroatoms. The van der Waals surface area contributed by atoms with E-state index in [9.17, 15) is 9.59 Å². The first-order chi connectivity index (χ1) is 17.4. The number of carbonyl (C=O) groups is 2. The molecule has 2 aliphatic rings. The van der Waals surface area contributed by atoms with E-state index in [1.165, 1.54) is 36.6 Å². The van der Waals surface area contributed by atoms with Crippen LogP contribution in [0.25, 0.3) is 42.6 Å². The SMILES string of the molecule is CC1(C)c2cc(/C=C3/C(=O)c4cc5ccoc5cc4C3=O)[te]c2-n2c3ccccc3c3cccc1c32. The number of benzene rings is 3. The molecular weight excluding hydrogens is 562 g/mol. The van der Waals surface area contributed by atoms with Gasteiger partial charge in [-0.05, 0) is 0 Å². The number of nitrogens with zero attached hydrogens (tertiary/aromatic N) is 1. The van der Waals surface area contributed by atoms with Gasteiger partial charge in [-0.3, -0.25) is 0 Å². The summed E-state index contributed by atoms with van der Waals surface area (Å²) in [5.41, 5.74) is 6.77. The van der Waals surface area contributed by atoms with Crippen LogP contribution >= 0.6 is 0 Å². The number of furan rings is 1. The zero-order chi connectivity index (χ0) is 24.3. The normalized spacial score (nSPS) is 17.0. The van der Waals surface area contributed by atoms with Gasteiger partial charge in [-0.2, -0.15) is 0 Å². The number of para-hydroxylation sites is 2. The van der Waals surface area contributed by atoms with E-state index in [0.717, 1.165) is 8.97 Å². The number of carbonyl (C=O) groups excluding carboxylic acids is 2. The molecule has 0 spiro atoms. The van der Waals surface area contributed by atoms with Gasteiger partial charge in [-0.25, -0.2) is 0 Å². The fourth-order valence-corrected chi connectivity index (χ4v) is 9.67. The van der Waals surface area contributed by atoms with Crippen molar-refractivity contribution in [2.75, 3.05) is 0 Å². The Morgan fingerprint density at radius 2 is 1.64 bits per heavy atom. The molecule has 172 valence electrons. The van der Waals surface area contributed by atoms with Crippen molar-refractivity contribution in [1.82, 2.24) is 4.57 Å². The van der Waals surface area contributed by atoms with Crippen molar-refractivity contribution in [1.29, 1.82) is 0 Å². The number of hydrogen-bond donors (Lipinski definition) is 0. The fraction of sp³-hybridized carbons (Fsp3) is 0.0968. The van der Waals surface area contributed by atoms with Crippen molar-refractivity contribution in [2.24, 2.45) is 0 Å². The van der Waals surface area contributed by atoms with Crippen LogP contribution in [0.1, 0.15) is 49.3 Å². The number of rotatable bonds is 1. The van der Waals surface area contributed by atoms with Crippen LogP contribution in [-0.4, -0.2) is 36.6 Å². The van der Waals surface area contributed by atoms with Crippen LogP contribution < -0.4 is 0 Å². The zero-order valence-corrected chi connectivity index (χ0v) is 21.9. The monoisotopic (exact) mass is 583 g/mol. The summed E-state index contributed by atoms with van der Waals surface area (Å²) < 4.78 is 10.4. The Balaban J connectivity index is 1.35. The van der Waals surface area contributed by atoms with Crippen molar-refractivity contribution in [3.63, 3.8) is 0 Å². The molecular formula is C31H19NO3Te. The first-order valence-electron chi connectivity index (χ1n) is 11.9.